The highest BCUT2D eigenvalue weighted by atomic mass is 35.5. The average Bonchev–Trinajstić information content (AvgIpc) is 2.84. The van der Waals surface area contributed by atoms with Gasteiger partial charge in [-0.2, -0.15) is 0 Å². The fourth-order valence-electron chi connectivity index (χ4n) is 1.71. The first-order valence-corrected chi connectivity index (χ1v) is 7.46. The number of anilines is 1. The molecule has 0 radical (unpaired) electrons. The van der Waals surface area contributed by atoms with Crippen LogP contribution >= 0.6 is 34.5 Å². The van der Waals surface area contributed by atoms with Gasteiger partial charge in [0.15, 0.2) is 0 Å². The van der Waals surface area contributed by atoms with Crippen LogP contribution in [0.25, 0.3) is 0 Å². The largest absolute Gasteiger partial charge is 0.352 e. The first-order valence-electron chi connectivity index (χ1n) is 5.88. The van der Waals surface area contributed by atoms with Gasteiger partial charge >= 0.3 is 0 Å². The van der Waals surface area contributed by atoms with Gasteiger partial charge < -0.3 is 10.7 Å². The summed E-state index contributed by atoms with van der Waals surface area (Å²) in [5.41, 5.74) is 3.43. The van der Waals surface area contributed by atoms with E-state index in [9.17, 15) is 4.79 Å². The van der Waals surface area contributed by atoms with E-state index in [0.29, 0.717) is 22.8 Å². The maximum atomic E-state index is 12.1. The van der Waals surface area contributed by atoms with Crippen molar-refractivity contribution >= 4 is 46.1 Å². The number of carbonyl (C=O) groups is 1. The van der Waals surface area contributed by atoms with E-state index >= 15 is 0 Å². The lowest BCUT2D eigenvalue weighted by molar-refractivity contribution is 0.0955. The van der Waals surface area contributed by atoms with Crippen LogP contribution in [0.15, 0.2) is 30.3 Å². The number of hydrogen-bond donors (Lipinski definition) is 3. The first kappa shape index (κ1) is 15.1. The van der Waals surface area contributed by atoms with Gasteiger partial charge in [-0.15, -0.1) is 11.3 Å². The van der Waals surface area contributed by atoms with Gasteiger partial charge in [0.25, 0.3) is 5.91 Å². The van der Waals surface area contributed by atoms with Gasteiger partial charge in [0.05, 0.1) is 15.6 Å². The number of nitrogens with one attached hydrogen (secondary N) is 2. The maximum Gasteiger partial charge on any atom is 0.253 e. The molecule has 20 heavy (non-hydrogen) atoms. The smallest absolute Gasteiger partial charge is 0.253 e. The number of rotatable bonds is 5. The highest BCUT2D eigenvalue weighted by molar-refractivity contribution is 7.16. The fraction of sp³-hybridized carbons (Fsp3) is 0.154. The summed E-state index contributed by atoms with van der Waals surface area (Å²) in [4.78, 5) is 13.2. The molecule has 106 valence electrons. The number of thiophene rings is 1. The molecule has 1 amide bonds. The van der Waals surface area contributed by atoms with Crippen molar-refractivity contribution in [3.05, 3.63) is 50.1 Å². The molecular formula is C13H13Cl2N3OS. The quantitative estimate of drug-likeness (QED) is 0.582. The van der Waals surface area contributed by atoms with E-state index in [0.717, 1.165) is 15.6 Å². The second-order valence-electron chi connectivity index (χ2n) is 4.05. The van der Waals surface area contributed by atoms with Gasteiger partial charge in [0.2, 0.25) is 0 Å². The molecule has 0 bridgehead atoms. The molecule has 2 aromatic rings. The van der Waals surface area contributed by atoms with Gasteiger partial charge in [-0.3, -0.25) is 10.6 Å². The Labute approximate surface area is 130 Å². The Morgan fingerprint density at radius 3 is 2.70 bits per heavy atom. The lowest BCUT2D eigenvalue weighted by Crippen LogP contribution is -2.27. The summed E-state index contributed by atoms with van der Waals surface area (Å²) in [6.45, 7) is 0.520. The standard InChI is InChI=1S/C13H13Cl2N3OS/c14-8-1-3-11(18-16)10(7-8)13(19)17-6-5-9-2-4-12(15)20-9/h1-4,7,18H,5-6,16H2,(H,17,19). The van der Waals surface area contributed by atoms with E-state index in [1.54, 1.807) is 18.2 Å². The van der Waals surface area contributed by atoms with Gasteiger partial charge in [-0.25, -0.2) is 0 Å². The van der Waals surface area contributed by atoms with Crippen LogP contribution in [0.2, 0.25) is 9.36 Å². The van der Waals surface area contributed by atoms with Crippen molar-refractivity contribution in [3.8, 4) is 0 Å². The Bertz CT molecular complexity index is 615. The third-order valence-corrected chi connectivity index (χ3v) is 4.19. The number of halogens is 2. The number of benzene rings is 1. The van der Waals surface area contributed by atoms with Gasteiger partial charge in [-0.1, -0.05) is 23.2 Å². The van der Waals surface area contributed by atoms with Gasteiger partial charge in [0, 0.05) is 16.4 Å². The zero-order valence-electron chi connectivity index (χ0n) is 10.5. The Hall–Kier alpha value is -1.27. The van der Waals surface area contributed by atoms with Gasteiger partial charge in [-0.05, 0) is 36.8 Å². The lowest BCUT2D eigenvalue weighted by atomic mass is 10.1. The van der Waals surface area contributed by atoms with Gasteiger partial charge in [0.1, 0.15) is 0 Å². The third kappa shape index (κ3) is 3.86. The summed E-state index contributed by atoms with van der Waals surface area (Å²) in [6.07, 6.45) is 0.731. The second kappa shape index (κ2) is 6.95. The summed E-state index contributed by atoms with van der Waals surface area (Å²) in [5, 5.41) is 3.31. The second-order valence-corrected chi connectivity index (χ2v) is 6.28. The minimum absolute atomic E-state index is 0.219. The van der Waals surface area contributed by atoms with Crippen molar-refractivity contribution in [1.82, 2.24) is 5.32 Å². The maximum absolute atomic E-state index is 12.1. The third-order valence-electron chi connectivity index (χ3n) is 2.67. The van der Waals surface area contributed by atoms with Crippen molar-refractivity contribution in [2.75, 3.05) is 12.0 Å². The number of hydrogen-bond acceptors (Lipinski definition) is 4. The highest BCUT2D eigenvalue weighted by Crippen LogP contribution is 2.22. The minimum atomic E-state index is -0.219. The Morgan fingerprint density at radius 2 is 2.05 bits per heavy atom. The molecule has 0 spiro atoms. The number of hydrazine groups is 1. The molecule has 1 aromatic heterocycles. The molecule has 0 atom stereocenters. The Morgan fingerprint density at radius 1 is 1.25 bits per heavy atom. The zero-order chi connectivity index (χ0) is 14.5. The van der Waals surface area contributed by atoms with Crippen LogP contribution in [0.3, 0.4) is 0 Å². The summed E-state index contributed by atoms with van der Waals surface area (Å²) in [7, 11) is 0. The summed E-state index contributed by atoms with van der Waals surface area (Å²) in [6, 6.07) is 8.70. The van der Waals surface area contributed by atoms with E-state index < -0.39 is 0 Å². The molecule has 0 aliphatic rings. The number of amides is 1. The number of nitrogen functional groups attached to an aromatic ring is 1. The molecule has 1 aromatic carbocycles. The minimum Gasteiger partial charge on any atom is -0.352 e. The van der Waals surface area contributed by atoms with Crippen LogP contribution in [0, 0.1) is 0 Å². The summed E-state index contributed by atoms with van der Waals surface area (Å²) >= 11 is 13.2. The van der Waals surface area contributed by atoms with E-state index in [2.05, 4.69) is 10.7 Å². The Kier molecular flexibility index (Phi) is 5.25. The SMILES string of the molecule is NNc1ccc(Cl)cc1C(=O)NCCc1ccc(Cl)s1. The van der Waals surface area contributed by atoms with E-state index in [4.69, 9.17) is 29.0 Å². The van der Waals surface area contributed by atoms with E-state index in [1.165, 1.54) is 11.3 Å². The number of carbonyl (C=O) groups excluding carboxylic acids is 1. The molecule has 1 heterocycles. The molecule has 0 saturated heterocycles. The molecule has 0 fully saturated rings. The molecular weight excluding hydrogens is 317 g/mol. The normalized spacial score (nSPS) is 10.3. The van der Waals surface area contributed by atoms with Crippen molar-refractivity contribution < 1.29 is 4.79 Å². The van der Waals surface area contributed by atoms with E-state index in [-0.39, 0.29) is 5.91 Å². The number of nitrogens with two attached hydrogens (primary N) is 1. The highest BCUT2D eigenvalue weighted by Gasteiger charge is 2.11. The molecule has 2 rings (SSSR count). The van der Waals surface area contributed by atoms with Crippen LogP contribution in [-0.4, -0.2) is 12.5 Å². The van der Waals surface area contributed by atoms with Crippen LogP contribution < -0.4 is 16.6 Å². The molecule has 0 saturated carbocycles. The predicted octanol–water partition coefficient (Wildman–Crippen LogP) is 3.31. The van der Waals surface area contributed by atoms with Crippen molar-refractivity contribution in [1.29, 1.82) is 0 Å². The molecule has 0 aliphatic carbocycles. The van der Waals surface area contributed by atoms with E-state index in [1.807, 2.05) is 12.1 Å². The van der Waals surface area contributed by atoms with Crippen molar-refractivity contribution in [2.24, 2.45) is 5.84 Å². The Balaban J connectivity index is 1.96. The predicted molar refractivity (Wildman–Crippen MR) is 84.6 cm³/mol. The molecule has 7 heteroatoms. The topological polar surface area (TPSA) is 67.1 Å². The molecule has 0 unspecified atom stereocenters. The van der Waals surface area contributed by atoms with Crippen LogP contribution in [0.5, 0.6) is 0 Å². The monoisotopic (exact) mass is 329 g/mol. The summed E-state index contributed by atoms with van der Waals surface area (Å²) in [5.74, 6) is 5.16. The van der Waals surface area contributed by atoms with Crippen LogP contribution in [-0.2, 0) is 6.42 Å². The average molecular weight is 330 g/mol. The first-order chi connectivity index (χ1) is 9.60. The fourth-order valence-corrected chi connectivity index (χ4v) is 2.97. The van der Waals surface area contributed by atoms with Crippen molar-refractivity contribution in [3.63, 3.8) is 0 Å². The zero-order valence-corrected chi connectivity index (χ0v) is 12.8. The van der Waals surface area contributed by atoms with Crippen LogP contribution in [0.4, 0.5) is 5.69 Å². The molecule has 4 N–H and O–H groups in total. The molecule has 4 nitrogen and oxygen atoms in total. The lowest BCUT2D eigenvalue weighted by Gasteiger charge is -2.09. The van der Waals surface area contributed by atoms with Crippen molar-refractivity contribution in [2.45, 2.75) is 6.42 Å². The molecule has 0 aliphatic heterocycles. The van der Waals surface area contributed by atoms with Crippen LogP contribution in [0.1, 0.15) is 15.2 Å². The summed E-state index contributed by atoms with van der Waals surface area (Å²) < 4.78 is 0.746.